The summed E-state index contributed by atoms with van der Waals surface area (Å²) >= 11 is 0. The number of hydrazone groups is 1. The minimum atomic E-state index is -0.350. The van der Waals surface area contributed by atoms with Crippen LogP contribution in [0, 0.1) is 6.92 Å². The molecule has 0 saturated carbocycles. The molecule has 1 heterocycles. The molecule has 1 aromatic heterocycles. The van der Waals surface area contributed by atoms with Gasteiger partial charge in [-0.2, -0.15) is 10.2 Å². The van der Waals surface area contributed by atoms with Crippen molar-refractivity contribution in [1.82, 2.24) is 15.2 Å². The minimum absolute atomic E-state index is 0.139. The summed E-state index contributed by atoms with van der Waals surface area (Å²) in [4.78, 5) is 12.5. The van der Waals surface area contributed by atoms with Gasteiger partial charge in [-0.25, -0.2) is 10.1 Å². The number of hydrogen-bond acceptors (Lipinski definition) is 5. The van der Waals surface area contributed by atoms with Gasteiger partial charge in [0.25, 0.3) is 5.91 Å². The predicted molar refractivity (Wildman–Crippen MR) is 166 cm³/mol. The summed E-state index contributed by atoms with van der Waals surface area (Å²) in [6.45, 7) is 6.56. The molecule has 5 aromatic rings. The Balaban J connectivity index is 1.28. The van der Waals surface area contributed by atoms with Gasteiger partial charge in [0.2, 0.25) is 0 Å². The molecule has 0 aliphatic carbocycles. The van der Waals surface area contributed by atoms with E-state index in [2.05, 4.69) is 30.4 Å². The van der Waals surface area contributed by atoms with Gasteiger partial charge in [0.1, 0.15) is 23.8 Å². The number of para-hydroxylation sites is 1. The molecule has 0 saturated heterocycles. The lowest BCUT2D eigenvalue weighted by atomic mass is 10.0. The molecule has 5 rings (SSSR count). The molecule has 4 aromatic carbocycles. The van der Waals surface area contributed by atoms with E-state index < -0.39 is 0 Å². The van der Waals surface area contributed by atoms with Crippen molar-refractivity contribution in [3.63, 3.8) is 0 Å². The van der Waals surface area contributed by atoms with Crippen LogP contribution in [-0.4, -0.2) is 28.5 Å². The van der Waals surface area contributed by atoms with Crippen molar-refractivity contribution in [2.45, 2.75) is 33.3 Å². The van der Waals surface area contributed by atoms with Crippen molar-refractivity contribution in [1.29, 1.82) is 0 Å². The van der Waals surface area contributed by atoms with Gasteiger partial charge < -0.3 is 9.47 Å². The fourth-order valence-electron chi connectivity index (χ4n) is 4.35. The SMILES string of the molecule is Cc1ccc(C(C)C)cc1OCC(=O)N/N=C/c1cn(-c2ccccc2)nc1-c1ccc(OCc2ccccc2)cc1. The lowest BCUT2D eigenvalue weighted by Crippen LogP contribution is -2.24. The van der Waals surface area contributed by atoms with E-state index >= 15 is 0 Å². The van der Waals surface area contributed by atoms with E-state index in [4.69, 9.17) is 14.6 Å². The van der Waals surface area contributed by atoms with Crippen LogP contribution in [-0.2, 0) is 11.4 Å². The highest BCUT2D eigenvalue weighted by Gasteiger charge is 2.12. The average Bonchev–Trinajstić information content (AvgIpc) is 3.45. The maximum absolute atomic E-state index is 12.5. The first kappa shape index (κ1) is 28.4. The first-order valence-electron chi connectivity index (χ1n) is 13.9. The Hall–Kier alpha value is -5.17. The van der Waals surface area contributed by atoms with Crippen LogP contribution in [0.15, 0.2) is 114 Å². The molecule has 0 radical (unpaired) electrons. The standard InChI is InChI=1S/C35H34N4O3/c1-25(2)29-15-14-26(3)33(20-29)42-24-34(40)37-36-21-30-22-39(31-12-8-5-9-13-31)38-35(30)28-16-18-32(19-17-28)41-23-27-10-6-4-7-11-27/h4-22,25H,23-24H2,1-3H3,(H,37,40)/b36-21+. The molecule has 0 bridgehead atoms. The number of amides is 1. The van der Waals surface area contributed by atoms with E-state index in [1.807, 2.05) is 110 Å². The summed E-state index contributed by atoms with van der Waals surface area (Å²) < 4.78 is 13.5. The molecule has 7 heteroatoms. The summed E-state index contributed by atoms with van der Waals surface area (Å²) in [7, 11) is 0. The van der Waals surface area contributed by atoms with E-state index in [0.717, 1.165) is 44.9 Å². The van der Waals surface area contributed by atoms with Crippen molar-refractivity contribution in [2.75, 3.05) is 6.61 Å². The largest absolute Gasteiger partial charge is 0.489 e. The molecule has 0 aliphatic heterocycles. The molecule has 0 atom stereocenters. The molecule has 0 unspecified atom stereocenters. The van der Waals surface area contributed by atoms with Gasteiger partial charge in [0.15, 0.2) is 6.61 Å². The zero-order valence-corrected chi connectivity index (χ0v) is 24.0. The second kappa shape index (κ2) is 13.5. The topological polar surface area (TPSA) is 77.7 Å². The van der Waals surface area contributed by atoms with E-state index in [0.29, 0.717) is 18.3 Å². The van der Waals surface area contributed by atoms with Crippen molar-refractivity contribution in [3.8, 4) is 28.4 Å². The maximum Gasteiger partial charge on any atom is 0.277 e. The van der Waals surface area contributed by atoms with Crippen LogP contribution in [0.3, 0.4) is 0 Å². The zero-order chi connectivity index (χ0) is 29.3. The van der Waals surface area contributed by atoms with Gasteiger partial charge in [0.05, 0.1) is 11.9 Å². The van der Waals surface area contributed by atoms with E-state index in [1.54, 1.807) is 10.9 Å². The summed E-state index contributed by atoms with van der Waals surface area (Å²) in [5.41, 5.74) is 9.10. The Morgan fingerprint density at radius 2 is 1.64 bits per heavy atom. The quantitative estimate of drug-likeness (QED) is 0.139. The van der Waals surface area contributed by atoms with E-state index in [1.165, 1.54) is 0 Å². The smallest absolute Gasteiger partial charge is 0.277 e. The van der Waals surface area contributed by atoms with Crippen LogP contribution < -0.4 is 14.9 Å². The van der Waals surface area contributed by atoms with Crippen LogP contribution in [0.2, 0.25) is 0 Å². The number of nitrogens with zero attached hydrogens (tertiary/aromatic N) is 3. The zero-order valence-electron chi connectivity index (χ0n) is 24.0. The molecular formula is C35H34N4O3. The highest BCUT2D eigenvalue weighted by atomic mass is 16.5. The van der Waals surface area contributed by atoms with Gasteiger partial charge >= 0.3 is 0 Å². The number of aromatic nitrogens is 2. The van der Waals surface area contributed by atoms with Gasteiger partial charge in [-0.05, 0) is 72.0 Å². The number of ether oxygens (including phenoxy) is 2. The molecule has 212 valence electrons. The normalized spacial score (nSPS) is 11.1. The third kappa shape index (κ3) is 7.31. The van der Waals surface area contributed by atoms with Gasteiger partial charge in [-0.1, -0.05) is 74.5 Å². The third-order valence-corrected chi connectivity index (χ3v) is 6.77. The van der Waals surface area contributed by atoms with E-state index in [9.17, 15) is 4.79 Å². The molecule has 1 N–H and O–H groups in total. The second-order valence-corrected chi connectivity index (χ2v) is 10.3. The molecule has 1 amide bonds. The van der Waals surface area contributed by atoms with Crippen LogP contribution in [0.25, 0.3) is 16.9 Å². The Morgan fingerprint density at radius 3 is 2.36 bits per heavy atom. The number of nitrogens with one attached hydrogen (secondary N) is 1. The van der Waals surface area contributed by atoms with E-state index in [-0.39, 0.29) is 12.5 Å². The number of benzene rings is 4. The summed E-state index contributed by atoms with van der Waals surface area (Å²) in [6, 6.07) is 33.7. The third-order valence-electron chi connectivity index (χ3n) is 6.77. The Morgan fingerprint density at radius 1 is 0.929 bits per heavy atom. The molecular weight excluding hydrogens is 524 g/mol. The second-order valence-electron chi connectivity index (χ2n) is 10.3. The number of carbonyl (C=O) groups is 1. The van der Waals surface area contributed by atoms with Gasteiger partial charge in [-0.15, -0.1) is 0 Å². The number of hydrogen-bond donors (Lipinski definition) is 1. The van der Waals surface area contributed by atoms with Crippen LogP contribution >= 0.6 is 0 Å². The lowest BCUT2D eigenvalue weighted by Gasteiger charge is -2.12. The lowest BCUT2D eigenvalue weighted by molar-refractivity contribution is -0.123. The van der Waals surface area contributed by atoms with Gasteiger partial charge in [0, 0.05) is 17.3 Å². The molecule has 0 spiro atoms. The number of carbonyl (C=O) groups excluding carboxylic acids is 1. The average molecular weight is 559 g/mol. The fourth-order valence-corrected chi connectivity index (χ4v) is 4.35. The Bertz CT molecular complexity index is 1640. The summed E-state index contributed by atoms with van der Waals surface area (Å²) in [6.07, 6.45) is 3.49. The first-order valence-corrected chi connectivity index (χ1v) is 13.9. The van der Waals surface area contributed by atoms with Gasteiger partial charge in [-0.3, -0.25) is 4.79 Å². The number of rotatable bonds is 11. The first-order chi connectivity index (χ1) is 20.5. The maximum atomic E-state index is 12.5. The molecule has 0 fully saturated rings. The summed E-state index contributed by atoms with van der Waals surface area (Å²) in [5, 5.41) is 9.04. The van der Waals surface area contributed by atoms with Crippen molar-refractivity contribution in [2.24, 2.45) is 5.10 Å². The summed E-state index contributed by atoms with van der Waals surface area (Å²) in [5.74, 6) is 1.48. The molecule has 7 nitrogen and oxygen atoms in total. The molecule has 0 aliphatic rings. The van der Waals surface area contributed by atoms with Crippen molar-refractivity contribution >= 4 is 12.1 Å². The van der Waals surface area contributed by atoms with Crippen molar-refractivity contribution < 1.29 is 14.3 Å². The van der Waals surface area contributed by atoms with Crippen LogP contribution in [0.4, 0.5) is 0 Å². The Labute approximate surface area is 246 Å². The number of aryl methyl sites for hydroxylation is 1. The fraction of sp³-hybridized carbons (Fsp3) is 0.171. The van der Waals surface area contributed by atoms with Crippen LogP contribution in [0.1, 0.15) is 42.0 Å². The Kier molecular flexibility index (Phi) is 9.09. The highest BCUT2D eigenvalue weighted by molar-refractivity contribution is 5.89. The molecule has 42 heavy (non-hydrogen) atoms. The van der Waals surface area contributed by atoms with Crippen LogP contribution in [0.5, 0.6) is 11.5 Å². The predicted octanol–water partition coefficient (Wildman–Crippen LogP) is 7.08. The van der Waals surface area contributed by atoms with Crippen molar-refractivity contribution in [3.05, 3.63) is 132 Å². The minimum Gasteiger partial charge on any atom is -0.489 e. The monoisotopic (exact) mass is 558 g/mol. The highest BCUT2D eigenvalue weighted by Crippen LogP contribution is 2.26.